The van der Waals surface area contributed by atoms with Gasteiger partial charge in [0.1, 0.15) is 11.8 Å². The van der Waals surface area contributed by atoms with E-state index in [1.165, 1.54) is 19.2 Å². The van der Waals surface area contributed by atoms with Crippen molar-refractivity contribution >= 4 is 15.9 Å². The van der Waals surface area contributed by atoms with Crippen LogP contribution < -0.4 is 14.8 Å². The van der Waals surface area contributed by atoms with Crippen molar-refractivity contribution in [2.75, 3.05) is 7.11 Å². The number of amides is 1. The molecule has 0 spiro atoms. The molecule has 1 amide bonds. The van der Waals surface area contributed by atoms with Crippen molar-refractivity contribution in [1.82, 2.24) is 10.0 Å². The molecule has 0 radical (unpaired) electrons. The number of aryl methyl sites for hydroxylation is 1. The lowest BCUT2D eigenvalue weighted by atomic mass is 10.0. The number of ether oxygens (including phenoxy) is 1. The number of methoxy groups -OCH3 is 1. The Morgan fingerprint density at radius 3 is 2.18 bits per heavy atom. The molecule has 2 N–H and O–H groups in total. The molecule has 0 heterocycles. The number of carbonyl (C=O) groups excluding carboxylic acids is 1. The quantitative estimate of drug-likeness (QED) is 0.709. The van der Waals surface area contributed by atoms with Gasteiger partial charge in [0.05, 0.1) is 12.0 Å². The van der Waals surface area contributed by atoms with Crippen LogP contribution in [0.25, 0.3) is 0 Å². The van der Waals surface area contributed by atoms with Crippen LogP contribution in [0.1, 0.15) is 32.8 Å². The van der Waals surface area contributed by atoms with Crippen LogP contribution in [-0.2, 0) is 21.2 Å². The Kier molecular flexibility index (Phi) is 7.21. The lowest BCUT2D eigenvalue weighted by molar-refractivity contribution is -0.124. The van der Waals surface area contributed by atoms with Crippen LogP contribution in [0.3, 0.4) is 0 Å². The van der Waals surface area contributed by atoms with Gasteiger partial charge in [-0.15, -0.1) is 0 Å². The van der Waals surface area contributed by atoms with Crippen LogP contribution in [0, 0.1) is 0 Å². The molecular formula is C21H28N2O4S. The van der Waals surface area contributed by atoms with E-state index in [0.29, 0.717) is 18.6 Å². The maximum Gasteiger partial charge on any atom is 0.241 e. The van der Waals surface area contributed by atoms with Crippen LogP contribution in [0.5, 0.6) is 5.75 Å². The molecule has 2 rings (SSSR count). The molecule has 1 atom stereocenters. The number of sulfonamides is 1. The SMILES string of the molecule is COc1ccc(S(=O)(=O)NC(CCc2ccccc2)C(=O)NC(C)(C)C)cc1. The molecule has 1 unspecified atom stereocenters. The lowest BCUT2D eigenvalue weighted by Gasteiger charge is -2.25. The van der Waals surface area contributed by atoms with Gasteiger partial charge in [0.15, 0.2) is 0 Å². The molecule has 0 aliphatic carbocycles. The Bertz CT molecular complexity index is 873. The van der Waals surface area contributed by atoms with Gasteiger partial charge < -0.3 is 10.1 Å². The minimum atomic E-state index is -3.86. The highest BCUT2D eigenvalue weighted by Crippen LogP contribution is 2.17. The molecule has 152 valence electrons. The number of hydrogen-bond acceptors (Lipinski definition) is 4. The van der Waals surface area contributed by atoms with Crippen molar-refractivity contribution in [3.8, 4) is 5.75 Å². The van der Waals surface area contributed by atoms with E-state index in [4.69, 9.17) is 4.74 Å². The zero-order valence-electron chi connectivity index (χ0n) is 16.7. The van der Waals surface area contributed by atoms with Gasteiger partial charge in [0, 0.05) is 5.54 Å². The van der Waals surface area contributed by atoms with E-state index in [1.807, 2.05) is 51.1 Å². The number of rotatable bonds is 8. The molecule has 0 saturated carbocycles. The summed E-state index contributed by atoms with van der Waals surface area (Å²) in [6.45, 7) is 5.57. The zero-order valence-corrected chi connectivity index (χ0v) is 17.5. The Labute approximate surface area is 167 Å². The van der Waals surface area contributed by atoms with Crippen molar-refractivity contribution < 1.29 is 17.9 Å². The molecule has 6 nitrogen and oxygen atoms in total. The van der Waals surface area contributed by atoms with E-state index >= 15 is 0 Å². The summed E-state index contributed by atoms with van der Waals surface area (Å²) >= 11 is 0. The summed E-state index contributed by atoms with van der Waals surface area (Å²) in [6.07, 6.45) is 0.926. The standard InChI is InChI=1S/C21H28N2O4S/c1-21(2,3)22-20(24)19(15-10-16-8-6-5-7-9-16)23-28(25,26)18-13-11-17(27-4)12-14-18/h5-9,11-14,19,23H,10,15H2,1-4H3,(H,22,24). The first kappa shape index (κ1) is 21.9. The summed E-state index contributed by atoms with van der Waals surface area (Å²) in [6, 6.07) is 14.8. The van der Waals surface area contributed by atoms with Crippen molar-refractivity contribution in [3.05, 3.63) is 60.2 Å². The summed E-state index contributed by atoms with van der Waals surface area (Å²) in [4.78, 5) is 12.8. The zero-order chi connectivity index (χ0) is 20.8. The fourth-order valence-corrected chi connectivity index (χ4v) is 3.90. The molecular weight excluding hydrogens is 376 g/mol. The fraction of sp³-hybridized carbons (Fsp3) is 0.381. The van der Waals surface area contributed by atoms with E-state index in [1.54, 1.807) is 12.1 Å². The molecule has 0 saturated heterocycles. The maximum atomic E-state index is 12.8. The molecule has 2 aromatic carbocycles. The van der Waals surface area contributed by atoms with Gasteiger partial charge in [-0.1, -0.05) is 30.3 Å². The first-order chi connectivity index (χ1) is 13.1. The fourth-order valence-electron chi connectivity index (χ4n) is 2.67. The van der Waals surface area contributed by atoms with Crippen LogP contribution in [-0.4, -0.2) is 33.0 Å². The van der Waals surface area contributed by atoms with E-state index < -0.39 is 21.6 Å². The largest absolute Gasteiger partial charge is 0.497 e. The third-order valence-corrected chi connectivity index (χ3v) is 5.53. The summed E-state index contributed by atoms with van der Waals surface area (Å²) in [5.74, 6) is 0.213. The number of nitrogens with one attached hydrogen (secondary N) is 2. The molecule has 0 aliphatic heterocycles. The smallest absolute Gasteiger partial charge is 0.241 e. The second-order valence-electron chi connectivity index (χ2n) is 7.61. The monoisotopic (exact) mass is 404 g/mol. The average Bonchev–Trinajstić information content (AvgIpc) is 2.64. The molecule has 0 aromatic heterocycles. The van der Waals surface area contributed by atoms with Crippen molar-refractivity contribution in [2.45, 2.75) is 50.1 Å². The Morgan fingerprint density at radius 2 is 1.64 bits per heavy atom. The van der Waals surface area contributed by atoms with Gasteiger partial charge in [-0.05, 0) is 63.4 Å². The Hall–Kier alpha value is -2.38. The Balaban J connectivity index is 2.19. The summed E-state index contributed by atoms with van der Waals surface area (Å²) in [5.41, 5.74) is 0.577. The van der Waals surface area contributed by atoms with Crippen molar-refractivity contribution in [1.29, 1.82) is 0 Å². The second-order valence-corrected chi connectivity index (χ2v) is 9.33. The van der Waals surface area contributed by atoms with E-state index in [9.17, 15) is 13.2 Å². The normalized spacial score (nSPS) is 13.0. The van der Waals surface area contributed by atoms with Crippen LogP contribution in [0.2, 0.25) is 0 Å². The van der Waals surface area contributed by atoms with Crippen LogP contribution in [0.15, 0.2) is 59.5 Å². The first-order valence-electron chi connectivity index (χ1n) is 9.13. The first-order valence-corrected chi connectivity index (χ1v) is 10.6. The van der Waals surface area contributed by atoms with Crippen LogP contribution in [0.4, 0.5) is 0 Å². The molecule has 0 bridgehead atoms. The number of benzene rings is 2. The Morgan fingerprint density at radius 1 is 1.04 bits per heavy atom. The third kappa shape index (κ3) is 6.65. The van der Waals surface area contributed by atoms with Crippen LogP contribution >= 0.6 is 0 Å². The number of hydrogen-bond donors (Lipinski definition) is 2. The molecule has 7 heteroatoms. The van der Waals surface area contributed by atoms with E-state index in [-0.39, 0.29) is 10.8 Å². The highest BCUT2D eigenvalue weighted by atomic mass is 32.2. The molecule has 0 fully saturated rings. The number of carbonyl (C=O) groups is 1. The van der Waals surface area contributed by atoms with Gasteiger partial charge in [-0.2, -0.15) is 4.72 Å². The average molecular weight is 405 g/mol. The van der Waals surface area contributed by atoms with Crippen molar-refractivity contribution in [3.63, 3.8) is 0 Å². The summed E-state index contributed by atoms with van der Waals surface area (Å²) < 4.78 is 33.2. The predicted octanol–water partition coefficient (Wildman–Crippen LogP) is 2.89. The van der Waals surface area contributed by atoms with Gasteiger partial charge in [0.2, 0.25) is 15.9 Å². The highest BCUT2D eigenvalue weighted by molar-refractivity contribution is 7.89. The highest BCUT2D eigenvalue weighted by Gasteiger charge is 2.28. The lowest BCUT2D eigenvalue weighted by Crippen LogP contribution is -2.52. The van der Waals surface area contributed by atoms with E-state index in [0.717, 1.165) is 5.56 Å². The van der Waals surface area contributed by atoms with Gasteiger partial charge >= 0.3 is 0 Å². The summed E-state index contributed by atoms with van der Waals surface area (Å²) in [7, 11) is -2.34. The van der Waals surface area contributed by atoms with Gasteiger partial charge in [0.25, 0.3) is 0 Å². The molecule has 0 aliphatic rings. The van der Waals surface area contributed by atoms with Gasteiger partial charge in [-0.25, -0.2) is 8.42 Å². The molecule has 28 heavy (non-hydrogen) atoms. The third-order valence-electron chi connectivity index (χ3n) is 4.05. The topological polar surface area (TPSA) is 84.5 Å². The minimum Gasteiger partial charge on any atom is -0.497 e. The second kappa shape index (κ2) is 9.21. The van der Waals surface area contributed by atoms with Crippen molar-refractivity contribution in [2.24, 2.45) is 0 Å². The maximum absolute atomic E-state index is 12.8. The molecule has 2 aromatic rings. The summed E-state index contributed by atoms with van der Waals surface area (Å²) in [5, 5.41) is 2.86. The van der Waals surface area contributed by atoms with Gasteiger partial charge in [-0.3, -0.25) is 4.79 Å². The minimum absolute atomic E-state index is 0.0848. The predicted molar refractivity (Wildman–Crippen MR) is 110 cm³/mol. The van der Waals surface area contributed by atoms with E-state index in [2.05, 4.69) is 10.0 Å².